The Morgan fingerprint density at radius 3 is 2.62 bits per heavy atom. The van der Waals surface area contributed by atoms with Crippen molar-refractivity contribution in [3.05, 3.63) is 39.9 Å². The molecule has 2 aromatic rings. The normalized spacial score (nSPS) is 10.8. The lowest BCUT2D eigenvalue weighted by Gasteiger charge is -2.14. The quantitative estimate of drug-likeness (QED) is 0.869. The molecule has 0 aliphatic rings. The monoisotopic (exact) mass is 353 g/mol. The minimum atomic E-state index is -0.437. The van der Waals surface area contributed by atoms with E-state index in [-0.39, 0.29) is 11.7 Å². The maximum Gasteiger partial charge on any atom is 0.227 e. The van der Waals surface area contributed by atoms with Crippen molar-refractivity contribution < 1.29 is 9.13 Å². The third-order valence-corrected chi connectivity index (χ3v) is 3.46. The Labute approximate surface area is 131 Å². The zero-order valence-corrected chi connectivity index (χ0v) is 14.0. The molecule has 21 heavy (non-hydrogen) atoms. The third-order valence-electron chi connectivity index (χ3n) is 2.97. The maximum atomic E-state index is 13.8. The smallest absolute Gasteiger partial charge is 0.227 e. The van der Waals surface area contributed by atoms with E-state index in [0.717, 1.165) is 10.0 Å². The fourth-order valence-electron chi connectivity index (χ4n) is 1.77. The number of benzene rings is 1. The fourth-order valence-corrected chi connectivity index (χ4v) is 2.11. The number of nitrogens with one attached hydrogen (secondary N) is 1. The lowest BCUT2D eigenvalue weighted by molar-refractivity contribution is 0.420. The molecule has 0 atom stereocenters. The number of ether oxygens (including phenoxy) is 1. The van der Waals surface area contributed by atoms with E-state index in [2.05, 4.69) is 31.2 Å². The zero-order valence-electron chi connectivity index (χ0n) is 12.4. The van der Waals surface area contributed by atoms with Gasteiger partial charge in [-0.2, -0.15) is 4.98 Å². The Kier molecular flexibility index (Phi) is 4.77. The highest BCUT2D eigenvalue weighted by molar-refractivity contribution is 9.10. The summed E-state index contributed by atoms with van der Waals surface area (Å²) in [5.74, 6) is 1.52. The van der Waals surface area contributed by atoms with E-state index < -0.39 is 5.82 Å². The number of nitrogens with zero attached hydrogens (tertiary/aromatic N) is 2. The van der Waals surface area contributed by atoms with Gasteiger partial charge >= 0.3 is 0 Å². The molecule has 0 amide bonds. The van der Waals surface area contributed by atoms with E-state index in [4.69, 9.17) is 4.74 Å². The molecule has 0 saturated heterocycles. The van der Waals surface area contributed by atoms with Crippen LogP contribution in [0, 0.1) is 12.7 Å². The number of aromatic nitrogens is 2. The van der Waals surface area contributed by atoms with Gasteiger partial charge in [-0.25, -0.2) is 9.37 Å². The molecule has 1 aromatic heterocycles. The summed E-state index contributed by atoms with van der Waals surface area (Å²) >= 11 is 3.30. The number of rotatable bonds is 4. The van der Waals surface area contributed by atoms with Crippen molar-refractivity contribution in [2.75, 3.05) is 12.4 Å². The second-order valence-corrected chi connectivity index (χ2v) is 5.86. The average molecular weight is 354 g/mol. The van der Waals surface area contributed by atoms with Gasteiger partial charge in [0.15, 0.2) is 11.6 Å². The van der Waals surface area contributed by atoms with Gasteiger partial charge in [0.2, 0.25) is 5.88 Å². The van der Waals surface area contributed by atoms with Crippen LogP contribution in [0.5, 0.6) is 11.6 Å². The van der Waals surface area contributed by atoms with Crippen LogP contribution in [0.25, 0.3) is 0 Å². The second kappa shape index (κ2) is 6.39. The Morgan fingerprint density at radius 1 is 1.29 bits per heavy atom. The molecule has 0 aliphatic carbocycles. The van der Waals surface area contributed by atoms with Gasteiger partial charge in [-0.3, -0.25) is 0 Å². The number of hydrogen-bond acceptors (Lipinski definition) is 4. The number of anilines is 1. The molecule has 0 spiro atoms. The minimum absolute atomic E-state index is 0.128. The summed E-state index contributed by atoms with van der Waals surface area (Å²) in [7, 11) is 1.78. The zero-order chi connectivity index (χ0) is 15.6. The molecule has 0 saturated carbocycles. The highest BCUT2D eigenvalue weighted by Crippen LogP contribution is 2.31. The van der Waals surface area contributed by atoms with Crippen molar-refractivity contribution in [1.29, 1.82) is 0 Å². The molecule has 1 N–H and O–H groups in total. The van der Waals surface area contributed by atoms with Crippen molar-refractivity contribution in [1.82, 2.24) is 9.97 Å². The van der Waals surface area contributed by atoms with Crippen molar-refractivity contribution in [3.8, 4) is 11.6 Å². The molecule has 0 radical (unpaired) electrons. The molecule has 0 fully saturated rings. The Morgan fingerprint density at radius 2 is 2.00 bits per heavy atom. The SMILES string of the molecule is CNc1nc(C(C)C)nc(Oc2cc(Br)ccc2F)c1C. The van der Waals surface area contributed by atoms with Gasteiger partial charge < -0.3 is 10.1 Å². The predicted octanol–water partition coefficient (Wildman–Crippen LogP) is 4.64. The summed E-state index contributed by atoms with van der Waals surface area (Å²) < 4.78 is 20.2. The Balaban J connectivity index is 2.47. The van der Waals surface area contributed by atoms with Crippen LogP contribution >= 0.6 is 15.9 Å². The first-order valence-electron chi connectivity index (χ1n) is 6.61. The van der Waals surface area contributed by atoms with E-state index in [0.29, 0.717) is 17.5 Å². The summed E-state index contributed by atoms with van der Waals surface area (Å²) in [6.07, 6.45) is 0. The highest BCUT2D eigenvalue weighted by atomic mass is 79.9. The molecule has 0 bridgehead atoms. The molecular formula is C15H17BrFN3O. The van der Waals surface area contributed by atoms with Gasteiger partial charge in [0.1, 0.15) is 11.6 Å². The van der Waals surface area contributed by atoms with E-state index in [1.165, 1.54) is 6.07 Å². The topological polar surface area (TPSA) is 47.0 Å². The molecule has 0 unspecified atom stereocenters. The van der Waals surface area contributed by atoms with Gasteiger partial charge in [-0.05, 0) is 25.1 Å². The van der Waals surface area contributed by atoms with Crippen LogP contribution in [0.4, 0.5) is 10.2 Å². The van der Waals surface area contributed by atoms with Gasteiger partial charge in [0.05, 0.1) is 5.56 Å². The van der Waals surface area contributed by atoms with Crippen LogP contribution in [0.15, 0.2) is 22.7 Å². The van der Waals surface area contributed by atoms with Crippen LogP contribution in [0.1, 0.15) is 31.2 Å². The molecule has 1 heterocycles. The van der Waals surface area contributed by atoms with Crippen LogP contribution in [0.2, 0.25) is 0 Å². The largest absolute Gasteiger partial charge is 0.435 e. The number of hydrogen-bond donors (Lipinski definition) is 1. The van der Waals surface area contributed by atoms with Crippen LogP contribution < -0.4 is 10.1 Å². The maximum absolute atomic E-state index is 13.8. The van der Waals surface area contributed by atoms with E-state index in [1.54, 1.807) is 19.2 Å². The molecule has 4 nitrogen and oxygen atoms in total. The van der Waals surface area contributed by atoms with Crippen molar-refractivity contribution >= 4 is 21.7 Å². The van der Waals surface area contributed by atoms with Gasteiger partial charge in [0, 0.05) is 17.4 Å². The third kappa shape index (κ3) is 3.50. The first kappa shape index (κ1) is 15.7. The molecule has 112 valence electrons. The molecule has 1 aromatic carbocycles. The Bertz CT molecular complexity index is 662. The number of halogens is 2. The van der Waals surface area contributed by atoms with Crippen LogP contribution in [-0.4, -0.2) is 17.0 Å². The van der Waals surface area contributed by atoms with Gasteiger partial charge in [-0.1, -0.05) is 29.8 Å². The molecule has 6 heteroatoms. The van der Waals surface area contributed by atoms with E-state index in [1.807, 2.05) is 20.8 Å². The summed E-state index contributed by atoms with van der Waals surface area (Å²) in [6, 6.07) is 4.54. The summed E-state index contributed by atoms with van der Waals surface area (Å²) in [4.78, 5) is 8.82. The Hall–Kier alpha value is -1.69. The van der Waals surface area contributed by atoms with E-state index >= 15 is 0 Å². The summed E-state index contributed by atoms with van der Waals surface area (Å²) in [5, 5.41) is 3.01. The van der Waals surface area contributed by atoms with Crippen LogP contribution in [0.3, 0.4) is 0 Å². The van der Waals surface area contributed by atoms with Gasteiger partial charge in [-0.15, -0.1) is 0 Å². The molecule has 0 aliphatic heterocycles. The van der Waals surface area contributed by atoms with Crippen molar-refractivity contribution in [3.63, 3.8) is 0 Å². The highest BCUT2D eigenvalue weighted by Gasteiger charge is 2.15. The summed E-state index contributed by atoms with van der Waals surface area (Å²) in [5.41, 5.74) is 0.737. The first-order valence-corrected chi connectivity index (χ1v) is 7.41. The average Bonchev–Trinajstić information content (AvgIpc) is 2.44. The standard InChI is InChI=1S/C15H17BrFN3O/c1-8(2)13-19-14(18-4)9(3)15(20-13)21-12-7-10(16)5-6-11(12)17/h5-8H,1-4H3,(H,18,19,20). The predicted molar refractivity (Wildman–Crippen MR) is 84.6 cm³/mol. The van der Waals surface area contributed by atoms with E-state index in [9.17, 15) is 4.39 Å². The molecule has 2 rings (SSSR count). The lowest BCUT2D eigenvalue weighted by Crippen LogP contribution is -2.06. The fraction of sp³-hybridized carbons (Fsp3) is 0.333. The minimum Gasteiger partial charge on any atom is -0.435 e. The first-order chi connectivity index (χ1) is 9.92. The second-order valence-electron chi connectivity index (χ2n) is 4.94. The van der Waals surface area contributed by atoms with Crippen molar-refractivity contribution in [2.45, 2.75) is 26.7 Å². The lowest BCUT2D eigenvalue weighted by atomic mass is 10.2. The summed E-state index contributed by atoms with van der Waals surface area (Å²) in [6.45, 7) is 5.82. The van der Waals surface area contributed by atoms with Gasteiger partial charge in [0.25, 0.3) is 0 Å². The molecular weight excluding hydrogens is 337 g/mol. The van der Waals surface area contributed by atoms with Crippen LogP contribution in [-0.2, 0) is 0 Å². The van der Waals surface area contributed by atoms with Crippen molar-refractivity contribution in [2.24, 2.45) is 0 Å².